The molecule has 2 atom stereocenters. The molecule has 3 rings (SSSR count). The average molecular weight is 332 g/mol. The Morgan fingerprint density at radius 3 is 2.79 bits per heavy atom. The first kappa shape index (κ1) is 16.8. The van der Waals surface area contributed by atoms with Crippen molar-refractivity contribution in [2.45, 2.75) is 58.1 Å². The predicted molar refractivity (Wildman–Crippen MR) is 92.6 cm³/mol. The Hall–Kier alpha value is -2.04. The molecule has 4 nitrogen and oxygen atoms in total. The molecule has 1 aliphatic rings. The van der Waals surface area contributed by atoms with Crippen molar-refractivity contribution in [3.63, 3.8) is 0 Å². The molecule has 2 heterocycles. The number of carbonyl (C=O) groups excluding carboxylic acids is 1. The van der Waals surface area contributed by atoms with E-state index in [-0.39, 0.29) is 18.0 Å². The highest BCUT2D eigenvalue weighted by molar-refractivity contribution is 5.83. The monoisotopic (exact) mass is 332 g/mol. The van der Waals surface area contributed by atoms with Crippen LogP contribution in [0.2, 0.25) is 0 Å². The van der Waals surface area contributed by atoms with E-state index in [0.29, 0.717) is 12.5 Å². The Balaban J connectivity index is 1.74. The molecule has 24 heavy (non-hydrogen) atoms. The van der Waals surface area contributed by atoms with Crippen LogP contribution in [-0.4, -0.2) is 34.2 Å². The van der Waals surface area contributed by atoms with Crippen molar-refractivity contribution in [1.82, 2.24) is 9.88 Å². The number of hydrogen-bond acceptors (Lipinski definition) is 2. The molecule has 2 aromatic rings. The summed E-state index contributed by atoms with van der Waals surface area (Å²) in [6.45, 7) is 8.38. The lowest BCUT2D eigenvalue weighted by atomic mass is 9.86. The summed E-state index contributed by atoms with van der Waals surface area (Å²) in [7, 11) is 0. The van der Waals surface area contributed by atoms with Crippen LogP contribution in [0.25, 0.3) is 10.9 Å². The number of halogens is 1. The van der Waals surface area contributed by atoms with Gasteiger partial charge in [0, 0.05) is 29.7 Å². The van der Waals surface area contributed by atoms with Crippen LogP contribution in [0.1, 0.15) is 52.0 Å². The van der Waals surface area contributed by atoms with Gasteiger partial charge in [0.1, 0.15) is 11.4 Å². The number of hydrogen-bond donors (Lipinski definition) is 1. The number of benzene rings is 1. The van der Waals surface area contributed by atoms with Gasteiger partial charge in [-0.1, -0.05) is 0 Å². The molecule has 0 saturated carbocycles. The van der Waals surface area contributed by atoms with Gasteiger partial charge in [-0.3, -0.25) is 0 Å². The van der Waals surface area contributed by atoms with Gasteiger partial charge < -0.3 is 14.6 Å². The number of nitrogens with zero attached hydrogens (tertiary/aromatic N) is 1. The van der Waals surface area contributed by atoms with Crippen LogP contribution in [0.3, 0.4) is 0 Å². The minimum atomic E-state index is -0.478. The van der Waals surface area contributed by atoms with E-state index in [9.17, 15) is 9.18 Å². The second kappa shape index (κ2) is 6.11. The maximum absolute atomic E-state index is 13.3. The summed E-state index contributed by atoms with van der Waals surface area (Å²) >= 11 is 0. The lowest BCUT2D eigenvalue weighted by Gasteiger charge is -2.38. The second-order valence-electron chi connectivity index (χ2n) is 7.68. The lowest BCUT2D eigenvalue weighted by molar-refractivity contribution is 0.0104. The second-order valence-corrected chi connectivity index (χ2v) is 7.68. The van der Waals surface area contributed by atoms with E-state index in [1.165, 1.54) is 17.7 Å². The largest absolute Gasteiger partial charge is 0.444 e. The maximum atomic E-state index is 13.3. The SMILES string of the molecule is CC1CC(c2c[nH]c3cc(F)ccc23)CCN1C(=O)OC(C)(C)C. The predicted octanol–water partition coefficient (Wildman–Crippen LogP) is 4.81. The molecule has 0 radical (unpaired) electrons. The van der Waals surface area contributed by atoms with Crippen molar-refractivity contribution in [2.24, 2.45) is 0 Å². The number of fused-ring (bicyclic) bond motifs is 1. The fraction of sp³-hybridized carbons (Fsp3) is 0.526. The third kappa shape index (κ3) is 3.40. The van der Waals surface area contributed by atoms with Gasteiger partial charge >= 0.3 is 6.09 Å². The number of carbonyl (C=O) groups is 1. The Kier molecular flexibility index (Phi) is 4.28. The number of aromatic nitrogens is 1. The highest BCUT2D eigenvalue weighted by atomic mass is 19.1. The van der Waals surface area contributed by atoms with Crippen molar-refractivity contribution < 1.29 is 13.9 Å². The Morgan fingerprint density at radius 1 is 1.38 bits per heavy atom. The van der Waals surface area contributed by atoms with E-state index in [1.807, 2.05) is 37.9 Å². The van der Waals surface area contributed by atoms with E-state index in [4.69, 9.17) is 4.74 Å². The van der Waals surface area contributed by atoms with Crippen molar-refractivity contribution in [1.29, 1.82) is 0 Å². The van der Waals surface area contributed by atoms with Crippen LogP contribution >= 0.6 is 0 Å². The molecule has 1 saturated heterocycles. The van der Waals surface area contributed by atoms with Crippen LogP contribution in [0.5, 0.6) is 0 Å². The number of likely N-dealkylation sites (tertiary alicyclic amines) is 1. The summed E-state index contributed by atoms with van der Waals surface area (Å²) in [5.74, 6) is 0.127. The lowest BCUT2D eigenvalue weighted by Crippen LogP contribution is -2.46. The number of amides is 1. The summed E-state index contributed by atoms with van der Waals surface area (Å²) < 4.78 is 18.8. The summed E-state index contributed by atoms with van der Waals surface area (Å²) in [5.41, 5.74) is 1.56. The molecule has 1 aromatic carbocycles. The molecular formula is C19H25FN2O2. The van der Waals surface area contributed by atoms with Crippen molar-refractivity contribution >= 4 is 17.0 Å². The Bertz CT molecular complexity index is 747. The van der Waals surface area contributed by atoms with Crippen LogP contribution in [0.15, 0.2) is 24.4 Å². The highest BCUT2D eigenvalue weighted by Gasteiger charge is 2.33. The summed E-state index contributed by atoms with van der Waals surface area (Å²) in [5, 5.41) is 1.07. The Labute approximate surface area is 142 Å². The van der Waals surface area contributed by atoms with Gasteiger partial charge in [-0.15, -0.1) is 0 Å². The average Bonchev–Trinajstić information content (AvgIpc) is 2.87. The third-order valence-electron chi connectivity index (χ3n) is 4.62. The molecule has 0 bridgehead atoms. The first-order valence-electron chi connectivity index (χ1n) is 8.51. The fourth-order valence-corrected chi connectivity index (χ4v) is 3.51. The smallest absolute Gasteiger partial charge is 0.410 e. The molecule has 1 amide bonds. The molecule has 1 aromatic heterocycles. The molecule has 0 spiro atoms. The number of aromatic amines is 1. The minimum Gasteiger partial charge on any atom is -0.444 e. The molecule has 2 unspecified atom stereocenters. The first-order chi connectivity index (χ1) is 11.2. The van der Waals surface area contributed by atoms with E-state index in [2.05, 4.69) is 11.9 Å². The van der Waals surface area contributed by atoms with E-state index in [1.54, 1.807) is 0 Å². The van der Waals surface area contributed by atoms with Gasteiger partial charge in [-0.05, 0) is 70.2 Å². The molecular weight excluding hydrogens is 307 g/mol. The zero-order chi connectivity index (χ0) is 17.5. The number of H-pyrrole nitrogens is 1. The number of piperidine rings is 1. The fourth-order valence-electron chi connectivity index (χ4n) is 3.51. The van der Waals surface area contributed by atoms with E-state index in [0.717, 1.165) is 23.7 Å². The molecule has 5 heteroatoms. The normalized spacial score (nSPS) is 22.0. The van der Waals surface area contributed by atoms with Gasteiger partial charge in [0.15, 0.2) is 0 Å². The number of nitrogens with one attached hydrogen (secondary N) is 1. The molecule has 130 valence electrons. The zero-order valence-electron chi connectivity index (χ0n) is 14.7. The van der Waals surface area contributed by atoms with Crippen molar-refractivity contribution in [2.75, 3.05) is 6.54 Å². The minimum absolute atomic E-state index is 0.115. The van der Waals surface area contributed by atoms with Crippen molar-refractivity contribution in [3.8, 4) is 0 Å². The molecule has 0 aliphatic carbocycles. The number of rotatable bonds is 1. The van der Waals surface area contributed by atoms with Crippen LogP contribution in [0, 0.1) is 5.82 Å². The standard InChI is InChI=1S/C19H25FN2O2/c1-12-9-13(7-8-22(12)18(23)24-19(2,3)4)16-11-21-17-10-14(20)5-6-15(16)17/h5-6,10-13,21H,7-9H2,1-4H3. The van der Waals surface area contributed by atoms with Crippen LogP contribution in [-0.2, 0) is 4.74 Å². The zero-order valence-corrected chi connectivity index (χ0v) is 14.7. The van der Waals surface area contributed by atoms with E-state index < -0.39 is 5.60 Å². The van der Waals surface area contributed by atoms with Crippen LogP contribution in [0.4, 0.5) is 9.18 Å². The topological polar surface area (TPSA) is 45.3 Å². The molecule has 1 fully saturated rings. The highest BCUT2D eigenvalue weighted by Crippen LogP contribution is 2.36. The van der Waals surface area contributed by atoms with Gasteiger partial charge in [-0.2, -0.15) is 0 Å². The maximum Gasteiger partial charge on any atom is 0.410 e. The quantitative estimate of drug-likeness (QED) is 0.814. The third-order valence-corrected chi connectivity index (χ3v) is 4.62. The first-order valence-corrected chi connectivity index (χ1v) is 8.51. The van der Waals surface area contributed by atoms with Gasteiger partial charge in [-0.25, -0.2) is 9.18 Å². The van der Waals surface area contributed by atoms with Crippen LogP contribution < -0.4 is 0 Å². The molecule has 1 N–H and O–H groups in total. The summed E-state index contributed by atoms with van der Waals surface area (Å²) in [6, 6.07) is 4.97. The van der Waals surface area contributed by atoms with E-state index >= 15 is 0 Å². The Morgan fingerprint density at radius 2 is 2.12 bits per heavy atom. The van der Waals surface area contributed by atoms with Gasteiger partial charge in [0.25, 0.3) is 0 Å². The summed E-state index contributed by atoms with van der Waals surface area (Å²) in [4.78, 5) is 17.3. The number of ether oxygens (including phenoxy) is 1. The van der Waals surface area contributed by atoms with Gasteiger partial charge in [0.2, 0.25) is 0 Å². The van der Waals surface area contributed by atoms with Gasteiger partial charge in [0.05, 0.1) is 0 Å². The molecule has 1 aliphatic heterocycles. The summed E-state index contributed by atoms with van der Waals surface area (Å²) in [6.07, 6.45) is 3.50. The van der Waals surface area contributed by atoms with Crippen molar-refractivity contribution in [3.05, 3.63) is 35.8 Å².